The third-order valence-electron chi connectivity index (χ3n) is 4.50. The highest BCUT2D eigenvalue weighted by atomic mass is 16.5. The summed E-state index contributed by atoms with van der Waals surface area (Å²) < 4.78 is 10.5. The molecule has 0 spiro atoms. The van der Waals surface area contributed by atoms with Crippen molar-refractivity contribution in [1.29, 1.82) is 0 Å². The van der Waals surface area contributed by atoms with E-state index < -0.39 is 0 Å². The molecule has 6 nitrogen and oxygen atoms in total. The number of amides is 2. The molecule has 134 valence electrons. The molecule has 0 saturated carbocycles. The molecule has 1 aromatic carbocycles. The van der Waals surface area contributed by atoms with Crippen LogP contribution in [-0.4, -0.2) is 68.9 Å². The van der Waals surface area contributed by atoms with E-state index in [9.17, 15) is 4.79 Å². The Bertz CT molecular complexity index is 497. The quantitative estimate of drug-likeness (QED) is 0.829. The van der Waals surface area contributed by atoms with Crippen molar-refractivity contribution in [3.8, 4) is 5.75 Å². The number of carbonyl (C=O) groups excluding carboxylic acids is 1. The summed E-state index contributed by atoms with van der Waals surface area (Å²) in [6.45, 7) is 9.28. The van der Waals surface area contributed by atoms with Crippen molar-refractivity contribution in [2.24, 2.45) is 0 Å². The topological polar surface area (TPSA) is 54.0 Å². The normalized spacial score (nSPS) is 16.1. The van der Waals surface area contributed by atoms with Gasteiger partial charge >= 0.3 is 6.03 Å². The minimum absolute atomic E-state index is 0.0102. The van der Waals surface area contributed by atoms with Gasteiger partial charge in [0.15, 0.2) is 0 Å². The summed E-state index contributed by atoms with van der Waals surface area (Å²) in [5.74, 6) is 0.842. The Balaban J connectivity index is 2.03. The van der Waals surface area contributed by atoms with Gasteiger partial charge in [0.25, 0.3) is 0 Å². The molecule has 1 aliphatic heterocycles. The van der Waals surface area contributed by atoms with Crippen LogP contribution in [0.25, 0.3) is 0 Å². The molecule has 0 bridgehead atoms. The fraction of sp³-hybridized carbons (Fsp3) is 0.611. The van der Waals surface area contributed by atoms with Crippen molar-refractivity contribution in [2.75, 3.05) is 53.0 Å². The third kappa shape index (κ3) is 4.85. The average Bonchev–Trinajstić information content (AvgIpc) is 2.65. The zero-order chi connectivity index (χ0) is 17.4. The van der Waals surface area contributed by atoms with Crippen LogP contribution in [0.2, 0.25) is 0 Å². The van der Waals surface area contributed by atoms with E-state index in [-0.39, 0.29) is 12.1 Å². The van der Waals surface area contributed by atoms with Crippen molar-refractivity contribution < 1.29 is 14.3 Å². The lowest BCUT2D eigenvalue weighted by molar-refractivity contribution is 0.0526. The number of benzene rings is 1. The number of morpholine rings is 1. The third-order valence-corrected chi connectivity index (χ3v) is 4.50. The molecule has 2 rings (SSSR count). The molecule has 6 heteroatoms. The first-order chi connectivity index (χ1) is 11.7. The number of ether oxygens (including phenoxy) is 2. The summed E-state index contributed by atoms with van der Waals surface area (Å²) in [5.41, 5.74) is 1.18. The average molecular weight is 335 g/mol. The van der Waals surface area contributed by atoms with Crippen molar-refractivity contribution in [3.05, 3.63) is 29.8 Å². The van der Waals surface area contributed by atoms with Crippen LogP contribution in [-0.2, 0) is 4.74 Å². The van der Waals surface area contributed by atoms with Crippen molar-refractivity contribution in [2.45, 2.75) is 19.9 Å². The Morgan fingerprint density at radius 1 is 1.25 bits per heavy atom. The van der Waals surface area contributed by atoms with Gasteiger partial charge in [-0.1, -0.05) is 26.0 Å². The van der Waals surface area contributed by atoms with Gasteiger partial charge in [-0.15, -0.1) is 0 Å². The van der Waals surface area contributed by atoms with Gasteiger partial charge in [-0.05, 0) is 30.8 Å². The minimum Gasteiger partial charge on any atom is -0.497 e. The van der Waals surface area contributed by atoms with E-state index >= 15 is 0 Å². The number of carbonyl (C=O) groups is 1. The van der Waals surface area contributed by atoms with E-state index in [1.807, 2.05) is 17.0 Å². The van der Waals surface area contributed by atoms with Gasteiger partial charge in [0.2, 0.25) is 0 Å². The Labute approximate surface area is 144 Å². The van der Waals surface area contributed by atoms with Crippen LogP contribution in [0.1, 0.15) is 25.5 Å². The highest BCUT2D eigenvalue weighted by molar-refractivity contribution is 5.74. The van der Waals surface area contributed by atoms with Gasteiger partial charge in [-0.25, -0.2) is 4.79 Å². The van der Waals surface area contributed by atoms with Crippen LogP contribution in [0.3, 0.4) is 0 Å². The summed E-state index contributed by atoms with van der Waals surface area (Å²) in [6, 6.07) is 8.22. The summed E-state index contributed by atoms with van der Waals surface area (Å²) in [6.07, 6.45) is 0. The lowest BCUT2D eigenvalue weighted by Gasteiger charge is -2.32. The predicted octanol–water partition coefficient (Wildman–Crippen LogP) is 2.12. The molecule has 1 heterocycles. The second-order valence-corrected chi connectivity index (χ2v) is 5.80. The Morgan fingerprint density at radius 2 is 1.88 bits per heavy atom. The van der Waals surface area contributed by atoms with E-state index in [0.29, 0.717) is 32.8 Å². The second kappa shape index (κ2) is 9.49. The summed E-state index contributed by atoms with van der Waals surface area (Å²) in [7, 11) is 1.67. The first kappa shape index (κ1) is 18.5. The number of nitrogens with zero attached hydrogens (tertiary/aromatic N) is 2. The molecule has 24 heavy (non-hydrogen) atoms. The number of urea groups is 1. The fourth-order valence-corrected chi connectivity index (χ4v) is 3.01. The highest BCUT2D eigenvalue weighted by Crippen LogP contribution is 2.22. The fourth-order valence-electron chi connectivity index (χ4n) is 3.01. The van der Waals surface area contributed by atoms with E-state index in [4.69, 9.17) is 9.47 Å². The molecule has 1 unspecified atom stereocenters. The van der Waals surface area contributed by atoms with Crippen molar-refractivity contribution in [1.82, 2.24) is 15.1 Å². The number of likely N-dealkylation sites (N-methyl/N-ethyl adjacent to an activating group) is 1. The molecular formula is C18H29N3O3. The van der Waals surface area contributed by atoms with Crippen LogP contribution >= 0.6 is 0 Å². The standard InChI is InChI=1S/C18H29N3O3/c1-4-20(5-2)17(15-6-8-16(23-3)9-7-15)14-19-18(22)21-10-12-24-13-11-21/h6-9,17H,4-5,10-14H2,1-3H3,(H,19,22). The number of hydrogen-bond acceptors (Lipinski definition) is 4. The van der Waals surface area contributed by atoms with Crippen LogP contribution in [0, 0.1) is 0 Å². The maximum atomic E-state index is 12.4. The number of hydrogen-bond donors (Lipinski definition) is 1. The lowest BCUT2D eigenvalue weighted by atomic mass is 10.0. The molecular weight excluding hydrogens is 306 g/mol. The maximum Gasteiger partial charge on any atom is 0.317 e. The largest absolute Gasteiger partial charge is 0.497 e. The molecule has 1 atom stereocenters. The number of methoxy groups -OCH3 is 1. The smallest absolute Gasteiger partial charge is 0.317 e. The minimum atomic E-state index is -0.0102. The maximum absolute atomic E-state index is 12.4. The van der Waals surface area contributed by atoms with Crippen LogP contribution in [0.4, 0.5) is 4.79 Å². The van der Waals surface area contributed by atoms with Crippen LogP contribution in [0.15, 0.2) is 24.3 Å². The van der Waals surface area contributed by atoms with Crippen molar-refractivity contribution >= 4 is 6.03 Å². The molecule has 1 fully saturated rings. The molecule has 2 amide bonds. The Kier molecular flexibility index (Phi) is 7.34. The molecule has 1 saturated heterocycles. The summed E-state index contributed by atoms with van der Waals surface area (Å²) in [4.78, 5) is 16.5. The van der Waals surface area contributed by atoms with Crippen LogP contribution < -0.4 is 10.1 Å². The predicted molar refractivity (Wildman–Crippen MR) is 94.4 cm³/mol. The van der Waals surface area contributed by atoms with E-state index in [1.54, 1.807) is 7.11 Å². The van der Waals surface area contributed by atoms with E-state index in [2.05, 4.69) is 36.2 Å². The summed E-state index contributed by atoms with van der Waals surface area (Å²) in [5, 5.41) is 3.09. The number of nitrogens with one attached hydrogen (secondary N) is 1. The SMILES string of the molecule is CCN(CC)C(CNC(=O)N1CCOCC1)c1ccc(OC)cc1. The molecule has 1 aliphatic rings. The monoisotopic (exact) mass is 335 g/mol. The zero-order valence-electron chi connectivity index (χ0n) is 15.0. The Hall–Kier alpha value is -1.79. The Morgan fingerprint density at radius 3 is 2.42 bits per heavy atom. The first-order valence-corrected chi connectivity index (χ1v) is 8.68. The van der Waals surface area contributed by atoms with E-state index in [1.165, 1.54) is 5.56 Å². The zero-order valence-corrected chi connectivity index (χ0v) is 15.0. The van der Waals surface area contributed by atoms with Gasteiger partial charge in [0.05, 0.1) is 26.4 Å². The van der Waals surface area contributed by atoms with Crippen molar-refractivity contribution in [3.63, 3.8) is 0 Å². The molecule has 0 radical (unpaired) electrons. The lowest BCUT2D eigenvalue weighted by Crippen LogP contribution is -2.48. The molecule has 0 aromatic heterocycles. The second-order valence-electron chi connectivity index (χ2n) is 5.80. The van der Waals surface area contributed by atoms with E-state index in [0.717, 1.165) is 18.8 Å². The first-order valence-electron chi connectivity index (χ1n) is 8.68. The van der Waals surface area contributed by atoms with Gasteiger partial charge in [0, 0.05) is 19.6 Å². The van der Waals surface area contributed by atoms with Gasteiger partial charge in [-0.3, -0.25) is 4.90 Å². The highest BCUT2D eigenvalue weighted by Gasteiger charge is 2.21. The van der Waals surface area contributed by atoms with Gasteiger partial charge in [-0.2, -0.15) is 0 Å². The molecule has 1 aromatic rings. The summed E-state index contributed by atoms with van der Waals surface area (Å²) >= 11 is 0. The molecule has 1 N–H and O–H groups in total. The molecule has 0 aliphatic carbocycles. The number of rotatable bonds is 7. The van der Waals surface area contributed by atoms with Gasteiger partial charge < -0.3 is 19.7 Å². The van der Waals surface area contributed by atoms with Gasteiger partial charge in [0.1, 0.15) is 5.75 Å². The van der Waals surface area contributed by atoms with Crippen LogP contribution in [0.5, 0.6) is 5.75 Å².